The molecule has 22 N–H and O–H groups in total. The van der Waals surface area contributed by atoms with Gasteiger partial charge in [-0.15, -0.1) is 0 Å². The molecule has 6 aliphatic heterocycles. The molecule has 0 aliphatic carbocycles. The van der Waals surface area contributed by atoms with Crippen LogP contribution in [0, 0.1) is 0 Å². The van der Waals surface area contributed by atoms with Crippen molar-refractivity contribution >= 4 is 96.4 Å². The lowest BCUT2D eigenvalue weighted by Gasteiger charge is -2.50. The fourth-order valence-electron chi connectivity index (χ4n) is 10.2. The van der Waals surface area contributed by atoms with Crippen LogP contribution in [0.25, 0.3) is 0 Å². The number of hydrogen-bond donors (Lipinski definition) is 22. The molecule has 5 fully saturated rings. The molecular weight excluding hydrogens is 1570 g/mol. The van der Waals surface area contributed by atoms with Gasteiger partial charge in [0.05, 0.1) is 19.8 Å². The number of carboxylic acid groups (broad SMARTS) is 3. The Morgan fingerprint density at radius 3 is 1.14 bits per heavy atom. The van der Waals surface area contributed by atoms with E-state index in [-0.39, 0.29) is 0 Å². The van der Waals surface area contributed by atoms with Crippen molar-refractivity contribution in [3.05, 3.63) is 11.5 Å². The van der Waals surface area contributed by atoms with Crippen LogP contribution < -0.4 is 14.8 Å². The zero-order valence-corrected chi connectivity index (χ0v) is 54.7. The zero-order chi connectivity index (χ0) is 76.7. The normalized spacial score (nSPS) is 38.8. The molecule has 0 saturated carbocycles. The van der Waals surface area contributed by atoms with E-state index < -0.39 is 300 Å². The van der Waals surface area contributed by atoms with Gasteiger partial charge in [-0.3, -0.25) is 36.7 Å². The van der Waals surface area contributed by atoms with Crippen molar-refractivity contribution in [1.29, 1.82) is 0 Å². The maximum atomic E-state index is 13.0. The van der Waals surface area contributed by atoms with Gasteiger partial charge in [0.2, 0.25) is 18.0 Å². The first-order valence-electron chi connectivity index (χ1n) is 26.7. The van der Waals surface area contributed by atoms with Gasteiger partial charge in [-0.25, -0.2) is 35.3 Å². The predicted octanol–water partition coefficient (Wildman–Crippen LogP) is -14.7. The van der Waals surface area contributed by atoms with Crippen LogP contribution in [-0.2, 0) is 165 Å². The summed E-state index contributed by atoms with van der Waals surface area (Å²) in [6.07, 6.45) is -70.8. The fraction of sp³-hybridized carbons (Fsp3) is 0.842. The van der Waals surface area contributed by atoms with E-state index in [1.807, 2.05) is 5.32 Å². The number of rotatable bonds is 31. The van der Waals surface area contributed by atoms with Crippen molar-refractivity contribution in [2.24, 2.45) is 0 Å². The Hall–Kier alpha value is -4.41. The summed E-state index contributed by atoms with van der Waals surface area (Å²) in [4.78, 5) is 50.6. The SMILES string of the molecule is CC(=O)N[C@H]1[C@@H](O[C@H]2[C@H](O)[C@@H](O)[C@H](O[C@H]3[C@H](OS(=O)(=O)O)[C@@H](NS(=O)(=O)O)[C@@H](O)O[C@@H]3COS(=O)(=O)O)O[C@@H]2C(=O)O)O[C@H](COS(=O)(=O)O)[C@@H](O[C@@H]2O[C@@H](C(=O)O)[C@@H](O[C@H]3O[C@H](COS(=O)(=O)O)[C@@H](O[C@@H]4OC(C(=O)O)=C(O)[C@H](O)[C@H]4OS(=O)(=O)O)[C@H](O)[C@H]3NS(=O)(=O)O)[C@H](O)[C@H]2O)[C@@H]1O. The smallest absolute Gasteiger partial charge is 0.397 e. The second-order valence-corrected chi connectivity index (χ2v) is 28.9. The van der Waals surface area contributed by atoms with Crippen LogP contribution >= 0.6 is 0 Å². The van der Waals surface area contributed by atoms with Crippen LogP contribution in [0.1, 0.15) is 6.92 Å². The number of carboxylic acids is 3. The summed E-state index contributed by atoms with van der Waals surface area (Å²) in [7, 11) is -40.4. The van der Waals surface area contributed by atoms with E-state index >= 15 is 0 Å². The fourth-order valence-corrected chi connectivity index (χ4v) is 13.2. The predicted molar refractivity (Wildman–Crippen MR) is 289 cm³/mol. The van der Waals surface area contributed by atoms with Crippen molar-refractivity contribution in [2.75, 3.05) is 19.8 Å². The van der Waals surface area contributed by atoms with Crippen molar-refractivity contribution in [1.82, 2.24) is 14.8 Å². The Morgan fingerprint density at radius 1 is 0.406 bits per heavy atom. The first-order chi connectivity index (χ1) is 45.9. The molecule has 0 spiro atoms. The first kappa shape index (κ1) is 85.5. The third kappa shape index (κ3) is 23.3. The van der Waals surface area contributed by atoms with E-state index in [1.54, 1.807) is 0 Å². The number of carbonyl (C=O) groups excluding carboxylic acids is 1. The van der Waals surface area contributed by atoms with Gasteiger partial charge in [0.1, 0.15) is 116 Å². The number of hydrogen-bond acceptors (Lipinski definition) is 43. The highest BCUT2D eigenvalue weighted by atomic mass is 32.3. The monoisotopic (exact) mass is 1630 g/mol. The number of nitrogens with one attached hydrogen (secondary N) is 3. The lowest BCUT2D eigenvalue weighted by Crippen LogP contribution is -2.71. The van der Waals surface area contributed by atoms with Crippen LogP contribution in [-0.4, -0.2) is 368 Å². The zero-order valence-electron chi connectivity index (χ0n) is 49.0. The highest BCUT2D eigenvalue weighted by molar-refractivity contribution is 7.84. The largest absolute Gasteiger partial charge is 0.506 e. The third-order valence-electron chi connectivity index (χ3n) is 14.1. The molecule has 0 unspecified atom stereocenters. The molecule has 0 aromatic heterocycles. The lowest BCUT2D eigenvalue weighted by molar-refractivity contribution is -0.376. The molecule has 56 nitrogen and oxygen atoms in total. The van der Waals surface area contributed by atoms with Gasteiger partial charge in [0.15, 0.2) is 55.5 Å². The maximum Gasteiger partial charge on any atom is 0.397 e. The maximum absolute atomic E-state index is 13.0. The van der Waals surface area contributed by atoms with Gasteiger partial charge in [-0.05, 0) is 0 Å². The molecular formula is C38H59N3O53S7. The first-order valence-corrected chi connectivity index (χ1v) is 36.4. The van der Waals surface area contributed by atoms with E-state index in [1.165, 1.54) is 9.44 Å². The molecule has 586 valence electrons. The molecule has 63 heteroatoms. The summed E-state index contributed by atoms with van der Waals surface area (Å²) < 4.78 is 315. The average molecular weight is 1630 g/mol. The lowest BCUT2D eigenvalue weighted by atomic mass is 9.94. The molecule has 0 radical (unpaired) electrons. The molecule has 6 heterocycles. The Morgan fingerprint density at radius 2 is 0.762 bits per heavy atom. The van der Waals surface area contributed by atoms with Crippen LogP contribution in [0.4, 0.5) is 0 Å². The van der Waals surface area contributed by atoms with Gasteiger partial charge in [-0.1, -0.05) is 0 Å². The molecule has 0 aromatic carbocycles. The molecule has 0 aromatic rings. The van der Waals surface area contributed by atoms with Crippen LogP contribution in [0.5, 0.6) is 0 Å². The molecule has 1 amide bonds. The average Bonchev–Trinajstić information content (AvgIpc) is 0.765. The minimum Gasteiger partial charge on any atom is -0.506 e. The molecule has 101 heavy (non-hydrogen) atoms. The minimum atomic E-state index is -5.97. The topological polar surface area (TPSA) is 875 Å². The van der Waals surface area contributed by atoms with Crippen LogP contribution in [0.2, 0.25) is 0 Å². The summed E-state index contributed by atoms with van der Waals surface area (Å²) in [5.41, 5.74) is 0. The van der Waals surface area contributed by atoms with Crippen molar-refractivity contribution < 1.29 is 244 Å². The standard InChI is InChI=1S/C38H59N3O53S7/c1-5(42)39-9-12(43)20(6(2-79-97(64,65)66)83-34(9)88-24-17(48)19(50)37(92-28(24)31(53)54)87-22-8(4-81-99(70,71)72)82-33(57)11(41-96(61,62)63)23(22)93-100(73,74)75)85-36-18(49)16(47)25(29(91-36)32(55)56)89-35-10(40-95(58,59)60)13(44)21(7(84-35)3-80-98(67,68)69)86-38-27(94-101(76,77)78)15(46)14(45)26(90-38)30(51)52/h6-13,15-25,27-29,33-38,40-41,43-50,57H,2-4H2,1H3,(H,39,42)(H,51,52)(H,53,54)(H,55,56)(H,58,59,60)(H,61,62,63)(H,64,65,66)(H,67,68,69)(H,70,71,72)(H,73,74,75)(H,76,77,78)/t6-,7-,8-,9-,10-,11-,12-,13-,15+,16-,17-,18-,19-,20-,21-,22-,23-,24+,25+,27-,28+,29-,33+,34-,35-,36-,37-,38-/m1/s1. The van der Waals surface area contributed by atoms with Gasteiger partial charge in [0, 0.05) is 6.92 Å². The van der Waals surface area contributed by atoms with Gasteiger partial charge in [0.25, 0.3) is 0 Å². The number of aliphatic carboxylic acids is 3. The number of carbonyl (C=O) groups is 4. The van der Waals surface area contributed by atoms with Crippen molar-refractivity contribution in [3.63, 3.8) is 0 Å². The molecule has 6 aliphatic rings. The van der Waals surface area contributed by atoms with Crippen molar-refractivity contribution in [2.45, 2.75) is 179 Å². The van der Waals surface area contributed by atoms with E-state index in [9.17, 15) is 171 Å². The van der Waals surface area contributed by atoms with E-state index in [0.29, 0.717) is 6.92 Å². The summed E-state index contributed by atoms with van der Waals surface area (Å²) in [6, 6.07) is -8.03. The Labute approximate surface area is 563 Å². The van der Waals surface area contributed by atoms with Gasteiger partial charge in [-0.2, -0.15) is 68.4 Å². The quantitative estimate of drug-likeness (QED) is 0.0287. The Balaban J connectivity index is 1.32. The minimum absolute atomic E-state index is 0.661. The van der Waals surface area contributed by atoms with Crippen molar-refractivity contribution in [3.8, 4) is 0 Å². The third-order valence-corrected chi connectivity index (χ3v) is 17.5. The molecule has 6 rings (SSSR count). The summed E-state index contributed by atoms with van der Waals surface area (Å²) >= 11 is 0. The second kappa shape index (κ2) is 32.8. The second-order valence-electron chi connectivity index (χ2n) is 21.2. The number of amides is 1. The molecule has 5 saturated heterocycles. The van der Waals surface area contributed by atoms with Crippen LogP contribution in [0.3, 0.4) is 0 Å². The van der Waals surface area contributed by atoms with Gasteiger partial charge < -0.3 is 119 Å². The number of aliphatic hydroxyl groups excluding tert-OH is 9. The molecule has 0 bridgehead atoms. The Kier molecular flexibility index (Phi) is 27.7. The highest BCUT2D eigenvalue weighted by Gasteiger charge is 2.61. The van der Waals surface area contributed by atoms with E-state index in [2.05, 4.69) is 20.9 Å². The summed E-state index contributed by atoms with van der Waals surface area (Å²) in [5, 5.41) is 133. The van der Waals surface area contributed by atoms with Gasteiger partial charge >= 0.3 is 90.5 Å². The molecule has 28 atom stereocenters. The highest BCUT2D eigenvalue weighted by Crippen LogP contribution is 2.39. The summed E-state index contributed by atoms with van der Waals surface area (Å²) in [5.74, 6) is -11.8. The summed E-state index contributed by atoms with van der Waals surface area (Å²) in [6.45, 7) is -4.51. The van der Waals surface area contributed by atoms with Crippen LogP contribution in [0.15, 0.2) is 11.5 Å². The van der Waals surface area contributed by atoms with E-state index in [4.69, 9.17) is 52.1 Å². The van der Waals surface area contributed by atoms with E-state index in [0.717, 1.165) is 0 Å². The Bertz CT molecular complexity index is 3840. The number of aliphatic hydroxyl groups is 9. The number of ether oxygens (including phenoxy) is 11.